The van der Waals surface area contributed by atoms with Crippen LogP contribution in [-0.2, 0) is 9.59 Å². The van der Waals surface area contributed by atoms with Gasteiger partial charge in [0.1, 0.15) is 0 Å². The molecule has 0 spiro atoms. The van der Waals surface area contributed by atoms with Crippen molar-refractivity contribution in [3.63, 3.8) is 0 Å². The molecule has 1 N–H and O–H groups in total. The van der Waals surface area contributed by atoms with E-state index in [2.05, 4.69) is 11.4 Å². The summed E-state index contributed by atoms with van der Waals surface area (Å²) in [6, 6.07) is 0. The number of hydrogen-bond donors (Lipinski definition) is 1. The molecule has 1 aliphatic heterocycles. The Morgan fingerprint density at radius 1 is 1.29 bits per heavy atom. The Bertz CT molecular complexity index is 343. The molecule has 2 fully saturated rings. The van der Waals surface area contributed by atoms with Crippen LogP contribution >= 0.6 is 0 Å². The number of fused-ring (bicyclic) bond motifs is 1. The lowest BCUT2D eigenvalue weighted by atomic mass is 9.68. The van der Waals surface area contributed by atoms with Crippen molar-refractivity contribution in [2.24, 2.45) is 17.3 Å². The molecule has 3 heteroatoms. The van der Waals surface area contributed by atoms with Gasteiger partial charge in [0.15, 0.2) is 0 Å². The number of hydrogen-bond acceptors (Lipinski definition) is 2. The third-order valence-electron chi connectivity index (χ3n) is 3.79. The van der Waals surface area contributed by atoms with Crippen LogP contribution in [0.2, 0.25) is 0 Å². The first-order chi connectivity index (χ1) is 6.75. The van der Waals surface area contributed by atoms with Gasteiger partial charge in [-0.1, -0.05) is 12.2 Å². The second kappa shape index (κ2) is 2.47. The average molecular weight is 191 g/mol. The summed E-state index contributed by atoms with van der Waals surface area (Å²) in [5.41, 5.74) is -0.449. The molecule has 1 saturated heterocycles. The van der Waals surface area contributed by atoms with E-state index in [4.69, 9.17) is 0 Å². The summed E-state index contributed by atoms with van der Waals surface area (Å²) in [5, 5.41) is 2.49. The predicted molar refractivity (Wildman–Crippen MR) is 50.2 cm³/mol. The van der Waals surface area contributed by atoms with E-state index in [0.29, 0.717) is 5.92 Å². The zero-order valence-electron chi connectivity index (χ0n) is 7.95. The molecule has 2 aliphatic carbocycles. The molecule has 0 bridgehead atoms. The van der Waals surface area contributed by atoms with Crippen molar-refractivity contribution in [2.75, 3.05) is 0 Å². The van der Waals surface area contributed by atoms with E-state index in [9.17, 15) is 9.59 Å². The van der Waals surface area contributed by atoms with Crippen LogP contribution in [0.25, 0.3) is 0 Å². The second-order valence-corrected chi connectivity index (χ2v) is 4.56. The van der Waals surface area contributed by atoms with E-state index in [1.165, 1.54) is 0 Å². The maximum absolute atomic E-state index is 11.8. The number of allylic oxidation sites excluding steroid dienone is 1. The monoisotopic (exact) mass is 191 g/mol. The van der Waals surface area contributed by atoms with Gasteiger partial charge in [0, 0.05) is 0 Å². The van der Waals surface area contributed by atoms with Gasteiger partial charge < -0.3 is 0 Å². The van der Waals surface area contributed by atoms with Crippen molar-refractivity contribution in [3.05, 3.63) is 12.2 Å². The highest BCUT2D eigenvalue weighted by atomic mass is 16.2. The molecule has 2 amide bonds. The van der Waals surface area contributed by atoms with Crippen LogP contribution in [0, 0.1) is 17.3 Å². The largest absolute Gasteiger partial charge is 0.295 e. The fraction of sp³-hybridized carbons (Fsp3) is 0.636. The standard InChI is InChI=1S/C11H13NO2/c13-9-8-3-1-2-6-11(8,7-4-5-7)10(14)12-9/h2,6-8H,1,3-5H2,(H,12,13,14). The first-order valence-corrected chi connectivity index (χ1v) is 5.28. The highest BCUT2D eigenvalue weighted by molar-refractivity contribution is 6.09. The van der Waals surface area contributed by atoms with Crippen LogP contribution in [0.1, 0.15) is 25.7 Å². The van der Waals surface area contributed by atoms with Gasteiger partial charge in [-0.05, 0) is 31.6 Å². The molecule has 74 valence electrons. The third-order valence-corrected chi connectivity index (χ3v) is 3.79. The molecule has 1 heterocycles. The fourth-order valence-electron chi connectivity index (χ4n) is 2.95. The van der Waals surface area contributed by atoms with Crippen LogP contribution < -0.4 is 5.32 Å². The van der Waals surface area contributed by atoms with Gasteiger partial charge in [-0.15, -0.1) is 0 Å². The zero-order valence-corrected chi connectivity index (χ0v) is 7.95. The maximum Gasteiger partial charge on any atom is 0.237 e. The van der Waals surface area contributed by atoms with Crippen molar-refractivity contribution in [1.82, 2.24) is 5.32 Å². The highest BCUT2D eigenvalue weighted by Gasteiger charge is 2.61. The SMILES string of the molecule is O=C1NC(=O)C2(C3CC3)C=CCCC12. The summed E-state index contributed by atoms with van der Waals surface area (Å²) in [5.74, 6) is 0.250. The summed E-state index contributed by atoms with van der Waals surface area (Å²) in [6.45, 7) is 0. The Kier molecular flexibility index (Phi) is 1.45. The van der Waals surface area contributed by atoms with E-state index >= 15 is 0 Å². The summed E-state index contributed by atoms with van der Waals surface area (Å²) in [4.78, 5) is 23.4. The average Bonchev–Trinajstić information content (AvgIpc) is 2.97. The van der Waals surface area contributed by atoms with Gasteiger partial charge in [0.2, 0.25) is 11.8 Å². The quantitative estimate of drug-likeness (QED) is 0.496. The molecular formula is C11H13NO2. The Morgan fingerprint density at radius 3 is 2.79 bits per heavy atom. The lowest BCUT2D eigenvalue weighted by molar-refractivity contribution is -0.127. The third kappa shape index (κ3) is 0.825. The van der Waals surface area contributed by atoms with Crippen LogP contribution in [-0.4, -0.2) is 11.8 Å². The number of rotatable bonds is 1. The van der Waals surface area contributed by atoms with Gasteiger partial charge in [-0.25, -0.2) is 0 Å². The minimum absolute atomic E-state index is 0.0498. The topological polar surface area (TPSA) is 46.2 Å². The van der Waals surface area contributed by atoms with E-state index in [-0.39, 0.29) is 17.7 Å². The first kappa shape index (κ1) is 8.21. The van der Waals surface area contributed by atoms with Crippen LogP contribution in [0.15, 0.2) is 12.2 Å². The van der Waals surface area contributed by atoms with Crippen LogP contribution in [0.4, 0.5) is 0 Å². The molecule has 0 aromatic rings. The summed E-state index contributed by atoms with van der Waals surface area (Å²) in [6.07, 6.45) is 8.03. The van der Waals surface area contributed by atoms with E-state index in [1.807, 2.05) is 6.08 Å². The summed E-state index contributed by atoms with van der Waals surface area (Å²) in [7, 11) is 0. The van der Waals surface area contributed by atoms with Crippen molar-refractivity contribution in [3.8, 4) is 0 Å². The van der Waals surface area contributed by atoms with E-state index in [1.54, 1.807) is 0 Å². The maximum atomic E-state index is 11.8. The molecule has 3 aliphatic rings. The summed E-state index contributed by atoms with van der Waals surface area (Å²) < 4.78 is 0. The molecule has 14 heavy (non-hydrogen) atoms. The molecule has 1 saturated carbocycles. The number of imide groups is 1. The molecule has 2 atom stereocenters. The molecule has 0 aromatic heterocycles. The minimum atomic E-state index is -0.449. The number of carbonyl (C=O) groups excluding carboxylic acids is 2. The lowest BCUT2D eigenvalue weighted by Gasteiger charge is -2.30. The van der Waals surface area contributed by atoms with Gasteiger partial charge in [-0.3, -0.25) is 14.9 Å². The van der Waals surface area contributed by atoms with Crippen molar-refractivity contribution in [1.29, 1.82) is 0 Å². The molecule has 2 unspecified atom stereocenters. The Labute approximate surface area is 82.6 Å². The molecule has 0 radical (unpaired) electrons. The zero-order chi connectivity index (χ0) is 9.76. The molecular weight excluding hydrogens is 178 g/mol. The smallest absolute Gasteiger partial charge is 0.237 e. The number of amides is 2. The Hall–Kier alpha value is -1.12. The molecule has 3 nitrogen and oxygen atoms in total. The highest BCUT2D eigenvalue weighted by Crippen LogP contribution is 2.56. The van der Waals surface area contributed by atoms with Crippen molar-refractivity contribution < 1.29 is 9.59 Å². The van der Waals surface area contributed by atoms with Crippen LogP contribution in [0.3, 0.4) is 0 Å². The molecule has 3 rings (SSSR count). The minimum Gasteiger partial charge on any atom is -0.295 e. The van der Waals surface area contributed by atoms with Crippen molar-refractivity contribution >= 4 is 11.8 Å². The molecule has 0 aromatic carbocycles. The first-order valence-electron chi connectivity index (χ1n) is 5.28. The predicted octanol–water partition coefficient (Wildman–Crippen LogP) is 1.01. The van der Waals surface area contributed by atoms with Gasteiger partial charge in [-0.2, -0.15) is 0 Å². The summed E-state index contributed by atoms with van der Waals surface area (Å²) >= 11 is 0. The number of carbonyl (C=O) groups is 2. The fourth-order valence-corrected chi connectivity index (χ4v) is 2.95. The van der Waals surface area contributed by atoms with E-state index < -0.39 is 5.41 Å². The van der Waals surface area contributed by atoms with E-state index in [0.717, 1.165) is 25.7 Å². The normalized spacial score (nSPS) is 41.0. The van der Waals surface area contributed by atoms with Gasteiger partial charge in [0.25, 0.3) is 0 Å². The number of nitrogens with one attached hydrogen (secondary N) is 1. The van der Waals surface area contributed by atoms with Crippen LogP contribution in [0.5, 0.6) is 0 Å². The Balaban J connectivity index is 2.10. The van der Waals surface area contributed by atoms with Gasteiger partial charge in [0.05, 0.1) is 11.3 Å². The lowest BCUT2D eigenvalue weighted by Crippen LogP contribution is -2.36. The van der Waals surface area contributed by atoms with Crippen molar-refractivity contribution in [2.45, 2.75) is 25.7 Å². The second-order valence-electron chi connectivity index (χ2n) is 4.56. The van der Waals surface area contributed by atoms with Gasteiger partial charge >= 0.3 is 0 Å². The Morgan fingerprint density at radius 2 is 2.07 bits per heavy atom.